The lowest BCUT2D eigenvalue weighted by Crippen LogP contribution is -2.28. The molecule has 0 bridgehead atoms. The van der Waals surface area contributed by atoms with Crippen LogP contribution in [0, 0.1) is 6.92 Å². The van der Waals surface area contributed by atoms with E-state index in [4.69, 9.17) is 0 Å². The Labute approximate surface area is 96.6 Å². The van der Waals surface area contributed by atoms with E-state index >= 15 is 0 Å². The summed E-state index contributed by atoms with van der Waals surface area (Å²) < 4.78 is 39.1. The highest BCUT2D eigenvalue weighted by atomic mass is 19.4. The molecule has 17 heavy (non-hydrogen) atoms. The maximum atomic E-state index is 11.7. The summed E-state index contributed by atoms with van der Waals surface area (Å²) in [5, 5.41) is 2.23. The summed E-state index contributed by atoms with van der Waals surface area (Å²) in [6.45, 7) is 0.471. The molecule has 1 amide bonds. The Morgan fingerprint density at radius 1 is 1.29 bits per heavy atom. The van der Waals surface area contributed by atoms with Gasteiger partial charge < -0.3 is 10.1 Å². The summed E-state index contributed by atoms with van der Waals surface area (Å²) in [5.41, 5.74) is 1.85. The number of rotatable bonds is 3. The number of carbonyl (C=O) groups is 1. The smallest absolute Gasteiger partial charge is 0.422 e. The SMILES string of the molecule is Cc1ccc(CNC(=O)OCC(F)(F)F)cc1. The van der Waals surface area contributed by atoms with Crippen LogP contribution in [0.3, 0.4) is 0 Å². The lowest BCUT2D eigenvalue weighted by molar-refractivity contribution is -0.160. The fourth-order valence-electron chi connectivity index (χ4n) is 1.08. The molecule has 0 saturated heterocycles. The van der Waals surface area contributed by atoms with Crippen molar-refractivity contribution in [3.63, 3.8) is 0 Å². The minimum atomic E-state index is -4.50. The third-order valence-corrected chi connectivity index (χ3v) is 1.92. The van der Waals surface area contributed by atoms with Gasteiger partial charge in [-0.2, -0.15) is 13.2 Å². The lowest BCUT2D eigenvalue weighted by Gasteiger charge is -2.09. The second-order valence-corrected chi connectivity index (χ2v) is 3.53. The number of carbonyl (C=O) groups excluding carboxylic acids is 1. The van der Waals surface area contributed by atoms with Crippen molar-refractivity contribution in [1.82, 2.24) is 5.32 Å². The van der Waals surface area contributed by atoms with Gasteiger partial charge in [0.15, 0.2) is 6.61 Å². The molecule has 3 nitrogen and oxygen atoms in total. The molecule has 0 radical (unpaired) electrons. The molecule has 0 spiro atoms. The number of alkyl halides is 3. The van der Waals surface area contributed by atoms with Gasteiger partial charge in [0.1, 0.15) is 0 Å². The molecule has 0 fully saturated rings. The standard InChI is InChI=1S/C11H12F3NO2/c1-8-2-4-9(5-3-8)6-15-10(16)17-7-11(12,13)14/h2-5H,6-7H2,1H3,(H,15,16). The van der Waals surface area contributed by atoms with E-state index in [-0.39, 0.29) is 6.54 Å². The van der Waals surface area contributed by atoms with Crippen molar-refractivity contribution in [1.29, 1.82) is 0 Å². The van der Waals surface area contributed by atoms with E-state index in [9.17, 15) is 18.0 Å². The number of alkyl carbamates (subject to hydrolysis) is 1. The van der Waals surface area contributed by atoms with E-state index in [0.717, 1.165) is 11.1 Å². The average Bonchev–Trinajstić information content (AvgIpc) is 2.25. The number of amides is 1. The van der Waals surface area contributed by atoms with Crippen molar-refractivity contribution in [2.75, 3.05) is 6.61 Å². The van der Waals surface area contributed by atoms with E-state index in [1.807, 2.05) is 19.1 Å². The molecular weight excluding hydrogens is 235 g/mol. The van der Waals surface area contributed by atoms with Crippen LogP contribution >= 0.6 is 0 Å². The summed E-state index contributed by atoms with van der Waals surface area (Å²) >= 11 is 0. The third kappa shape index (κ3) is 5.79. The molecule has 0 heterocycles. The van der Waals surface area contributed by atoms with Crippen LogP contribution in [0.1, 0.15) is 11.1 Å². The highest BCUT2D eigenvalue weighted by Gasteiger charge is 2.29. The first-order valence-corrected chi connectivity index (χ1v) is 4.90. The first kappa shape index (κ1) is 13.3. The normalized spacial score (nSPS) is 11.1. The zero-order valence-corrected chi connectivity index (χ0v) is 9.17. The molecule has 1 N–H and O–H groups in total. The van der Waals surface area contributed by atoms with Crippen LogP contribution in [0.2, 0.25) is 0 Å². The van der Waals surface area contributed by atoms with Crippen LogP contribution in [0.5, 0.6) is 0 Å². The Bertz CT molecular complexity index is 373. The van der Waals surface area contributed by atoms with Gasteiger partial charge in [0.25, 0.3) is 0 Å². The van der Waals surface area contributed by atoms with Crippen LogP contribution in [0.25, 0.3) is 0 Å². The van der Waals surface area contributed by atoms with Crippen molar-refractivity contribution in [2.45, 2.75) is 19.6 Å². The van der Waals surface area contributed by atoms with E-state index < -0.39 is 18.9 Å². The summed E-state index contributed by atoms with van der Waals surface area (Å²) in [5.74, 6) is 0. The van der Waals surface area contributed by atoms with Crippen molar-refractivity contribution in [3.05, 3.63) is 35.4 Å². The van der Waals surface area contributed by atoms with E-state index in [1.165, 1.54) is 0 Å². The lowest BCUT2D eigenvalue weighted by atomic mass is 10.1. The maximum absolute atomic E-state index is 11.7. The molecule has 0 atom stereocenters. The summed E-state index contributed by atoms with van der Waals surface area (Å²) in [7, 11) is 0. The van der Waals surface area contributed by atoms with Gasteiger partial charge in [0, 0.05) is 6.54 Å². The zero-order chi connectivity index (χ0) is 12.9. The molecule has 0 saturated carbocycles. The van der Waals surface area contributed by atoms with Crippen LogP contribution in [-0.4, -0.2) is 18.9 Å². The molecule has 0 aliphatic carbocycles. The quantitative estimate of drug-likeness (QED) is 0.891. The Hall–Kier alpha value is -1.72. The van der Waals surface area contributed by atoms with Crippen molar-refractivity contribution >= 4 is 6.09 Å². The van der Waals surface area contributed by atoms with Gasteiger partial charge in [-0.15, -0.1) is 0 Å². The predicted molar refractivity (Wildman–Crippen MR) is 55.4 cm³/mol. The Morgan fingerprint density at radius 3 is 2.41 bits per heavy atom. The van der Waals surface area contributed by atoms with Crippen molar-refractivity contribution in [3.8, 4) is 0 Å². The van der Waals surface area contributed by atoms with Crippen LogP contribution in [0.4, 0.5) is 18.0 Å². The third-order valence-electron chi connectivity index (χ3n) is 1.92. The summed E-state index contributed by atoms with van der Waals surface area (Å²) in [6.07, 6.45) is -5.58. The summed E-state index contributed by atoms with van der Waals surface area (Å²) in [6, 6.07) is 7.24. The molecule has 0 aromatic heterocycles. The molecule has 0 aliphatic heterocycles. The molecule has 1 aromatic carbocycles. The number of ether oxygens (including phenoxy) is 1. The van der Waals surface area contributed by atoms with Crippen LogP contribution in [0.15, 0.2) is 24.3 Å². The molecule has 6 heteroatoms. The first-order valence-electron chi connectivity index (χ1n) is 4.90. The molecule has 0 aliphatic rings. The largest absolute Gasteiger partial charge is 0.440 e. The maximum Gasteiger partial charge on any atom is 0.422 e. The number of benzene rings is 1. The number of aryl methyl sites for hydroxylation is 1. The van der Waals surface area contributed by atoms with E-state index in [1.54, 1.807) is 12.1 Å². The predicted octanol–water partition coefficient (Wildman–Crippen LogP) is 2.78. The van der Waals surface area contributed by atoms with Gasteiger partial charge in [-0.1, -0.05) is 29.8 Å². The first-order chi connectivity index (χ1) is 7.87. The van der Waals surface area contributed by atoms with Gasteiger partial charge >= 0.3 is 12.3 Å². The van der Waals surface area contributed by atoms with Crippen LogP contribution in [-0.2, 0) is 11.3 Å². The summed E-state index contributed by atoms with van der Waals surface area (Å²) in [4.78, 5) is 10.9. The molecule has 1 aromatic rings. The fraction of sp³-hybridized carbons (Fsp3) is 0.364. The second-order valence-electron chi connectivity index (χ2n) is 3.53. The van der Waals surface area contributed by atoms with Gasteiger partial charge in [0.05, 0.1) is 0 Å². The minimum absolute atomic E-state index is 0.136. The van der Waals surface area contributed by atoms with Gasteiger partial charge in [-0.05, 0) is 12.5 Å². The van der Waals surface area contributed by atoms with Gasteiger partial charge in [0.2, 0.25) is 0 Å². The molecule has 94 valence electrons. The average molecular weight is 247 g/mol. The van der Waals surface area contributed by atoms with E-state index in [0.29, 0.717) is 0 Å². The second kappa shape index (κ2) is 5.56. The minimum Gasteiger partial charge on any atom is -0.440 e. The molecular formula is C11H12F3NO2. The van der Waals surface area contributed by atoms with Crippen LogP contribution < -0.4 is 5.32 Å². The van der Waals surface area contributed by atoms with Gasteiger partial charge in [-0.25, -0.2) is 4.79 Å². The van der Waals surface area contributed by atoms with E-state index in [2.05, 4.69) is 10.1 Å². The number of nitrogens with one attached hydrogen (secondary N) is 1. The monoisotopic (exact) mass is 247 g/mol. The topological polar surface area (TPSA) is 38.3 Å². The number of halogens is 3. The highest BCUT2D eigenvalue weighted by Crippen LogP contribution is 2.14. The Balaban J connectivity index is 2.31. The highest BCUT2D eigenvalue weighted by molar-refractivity contribution is 5.67. The van der Waals surface area contributed by atoms with Crippen molar-refractivity contribution < 1.29 is 22.7 Å². The number of hydrogen-bond donors (Lipinski definition) is 1. The fourth-order valence-corrected chi connectivity index (χ4v) is 1.08. The Morgan fingerprint density at radius 2 is 1.88 bits per heavy atom. The zero-order valence-electron chi connectivity index (χ0n) is 9.17. The molecule has 0 unspecified atom stereocenters. The van der Waals surface area contributed by atoms with Gasteiger partial charge in [-0.3, -0.25) is 0 Å². The Kier molecular flexibility index (Phi) is 4.37. The molecule has 1 rings (SSSR count). The number of hydrogen-bond acceptors (Lipinski definition) is 2. The van der Waals surface area contributed by atoms with Crippen molar-refractivity contribution in [2.24, 2.45) is 0 Å².